The highest BCUT2D eigenvalue weighted by atomic mass is 16.5. The van der Waals surface area contributed by atoms with Gasteiger partial charge in [0.25, 0.3) is 0 Å². The molecule has 0 saturated carbocycles. The molecule has 1 N–H and O–H groups in total. The standard InChI is InChI=1S/C15H22O3/c1-15(2,3)11-13(9-10-16)18-14(17)12-7-5-4-6-8-12/h4-8,13,16H,9-11H2,1-3H3. The fourth-order valence-electron chi connectivity index (χ4n) is 1.82. The Kier molecular flexibility index (Phi) is 5.35. The molecule has 0 saturated heterocycles. The number of aliphatic hydroxyl groups excluding tert-OH is 1. The van der Waals surface area contributed by atoms with E-state index in [1.165, 1.54) is 0 Å². The Hall–Kier alpha value is -1.35. The molecule has 3 nitrogen and oxygen atoms in total. The number of aliphatic hydroxyl groups is 1. The molecular weight excluding hydrogens is 228 g/mol. The Morgan fingerprint density at radius 1 is 1.28 bits per heavy atom. The summed E-state index contributed by atoms with van der Waals surface area (Å²) in [5.74, 6) is -0.321. The van der Waals surface area contributed by atoms with Gasteiger partial charge in [-0.15, -0.1) is 0 Å². The van der Waals surface area contributed by atoms with Gasteiger partial charge in [-0.3, -0.25) is 0 Å². The quantitative estimate of drug-likeness (QED) is 0.817. The maximum Gasteiger partial charge on any atom is 0.338 e. The van der Waals surface area contributed by atoms with Crippen LogP contribution < -0.4 is 0 Å². The van der Waals surface area contributed by atoms with E-state index < -0.39 is 0 Å². The molecule has 1 atom stereocenters. The van der Waals surface area contributed by atoms with Gasteiger partial charge in [0, 0.05) is 13.0 Å². The van der Waals surface area contributed by atoms with Gasteiger partial charge in [0.05, 0.1) is 5.56 Å². The van der Waals surface area contributed by atoms with Crippen molar-refractivity contribution in [1.29, 1.82) is 0 Å². The molecular formula is C15H22O3. The Labute approximate surface area is 109 Å². The van der Waals surface area contributed by atoms with Crippen LogP contribution in [0.3, 0.4) is 0 Å². The monoisotopic (exact) mass is 250 g/mol. The minimum atomic E-state index is -0.321. The van der Waals surface area contributed by atoms with E-state index in [1.54, 1.807) is 24.3 Å². The van der Waals surface area contributed by atoms with E-state index in [0.717, 1.165) is 6.42 Å². The minimum Gasteiger partial charge on any atom is -0.459 e. The zero-order valence-electron chi connectivity index (χ0n) is 11.3. The average Bonchev–Trinajstić information content (AvgIpc) is 2.28. The lowest BCUT2D eigenvalue weighted by atomic mass is 9.88. The molecule has 0 aliphatic rings. The van der Waals surface area contributed by atoms with Crippen molar-refractivity contribution in [2.75, 3.05) is 6.61 Å². The largest absolute Gasteiger partial charge is 0.459 e. The summed E-state index contributed by atoms with van der Waals surface area (Å²) in [5.41, 5.74) is 0.617. The summed E-state index contributed by atoms with van der Waals surface area (Å²) < 4.78 is 5.45. The van der Waals surface area contributed by atoms with Gasteiger partial charge in [0.15, 0.2) is 0 Å². The molecule has 0 fully saturated rings. The molecule has 1 aromatic rings. The third-order valence-corrected chi connectivity index (χ3v) is 2.57. The lowest BCUT2D eigenvalue weighted by molar-refractivity contribution is 0.0133. The second kappa shape index (κ2) is 6.55. The van der Waals surface area contributed by atoms with E-state index in [2.05, 4.69) is 20.8 Å². The summed E-state index contributed by atoms with van der Waals surface area (Å²) in [4.78, 5) is 11.9. The molecule has 0 aromatic heterocycles. The highest BCUT2D eigenvalue weighted by Crippen LogP contribution is 2.24. The lowest BCUT2D eigenvalue weighted by Crippen LogP contribution is -2.25. The van der Waals surface area contributed by atoms with Gasteiger partial charge in [0.1, 0.15) is 6.10 Å². The van der Waals surface area contributed by atoms with Gasteiger partial charge in [-0.25, -0.2) is 4.79 Å². The summed E-state index contributed by atoms with van der Waals surface area (Å²) in [6.07, 6.45) is 0.991. The molecule has 1 unspecified atom stereocenters. The van der Waals surface area contributed by atoms with Crippen molar-refractivity contribution in [2.24, 2.45) is 5.41 Å². The Bertz CT molecular complexity index is 365. The van der Waals surface area contributed by atoms with Crippen LogP contribution in [0, 0.1) is 5.41 Å². The molecule has 0 aliphatic heterocycles. The third kappa shape index (κ3) is 5.32. The van der Waals surface area contributed by atoms with E-state index >= 15 is 0 Å². The summed E-state index contributed by atoms with van der Waals surface area (Å²) in [7, 11) is 0. The SMILES string of the molecule is CC(C)(C)CC(CCO)OC(=O)c1ccccc1. The van der Waals surface area contributed by atoms with Crippen LogP contribution in [-0.2, 0) is 4.74 Å². The number of esters is 1. The summed E-state index contributed by atoms with van der Waals surface area (Å²) in [6, 6.07) is 8.94. The number of hydrogen-bond acceptors (Lipinski definition) is 3. The Morgan fingerprint density at radius 3 is 2.39 bits per heavy atom. The van der Waals surface area contributed by atoms with Crippen molar-refractivity contribution < 1.29 is 14.6 Å². The molecule has 0 heterocycles. The number of carbonyl (C=O) groups excluding carboxylic acids is 1. The van der Waals surface area contributed by atoms with E-state index in [9.17, 15) is 4.79 Å². The highest BCUT2D eigenvalue weighted by molar-refractivity contribution is 5.89. The summed E-state index contributed by atoms with van der Waals surface area (Å²) in [6.45, 7) is 6.30. The molecule has 18 heavy (non-hydrogen) atoms. The van der Waals surface area contributed by atoms with E-state index in [0.29, 0.717) is 12.0 Å². The normalized spacial score (nSPS) is 13.1. The van der Waals surface area contributed by atoms with Crippen LogP contribution in [0.5, 0.6) is 0 Å². The lowest BCUT2D eigenvalue weighted by Gasteiger charge is -2.25. The van der Waals surface area contributed by atoms with Crippen molar-refractivity contribution in [3.63, 3.8) is 0 Å². The minimum absolute atomic E-state index is 0.0306. The number of rotatable bonds is 5. The Morgan fingerprint density at radius 2 is 1.89 bits per heavy atom. The van der Waals surface area contributed by atoms with Crippen molar-refractivity contribution >= 4 is 5.97 Å². The van der Waals surface area contributed by atoms with Crippen LogP contribution in [-0.4, -0.2) is 23.8 Å². The molecule has 0 radical (unpaired) electrons. The summed E-state index contributed by atoms with van der Waals surface area (Å²) in [5, 5.41) is 9.03. The first-order valence-electron chi connectivity index (χ1n) is 6.29. The smallest absolute Gasteiger partial charge is 0.338 e. The van der Waals surface area contributed by atoms with Crippen LogP contribution in [0.2, 0.25) is 0 Å². The number of hydrogen-bond donors (Lipinski definition) is 1. The second-order valence-corrected chi connectivity index (χ2v) is 5.67. The van der Waals surface area contributed by atoms with E-state index in [4.69, 9.17) is 9.84 Å². The van der Waals surface area contributed by atoms with E-state index in [-0.39, 0.29) is 24.1 Å². The highest BCUT2D eigenvalue weighted by Gasteiger charge is 2.22. The predicted octanol–water partition coefficient (Wildman–Crippen LogP) is 3.03. The van der Waals surface area contributed by atoms with Gasteiger partial charge in [-0.1, -0.05) is 39.0 Å². The molecule has 0 bridgehead atoms. The molecule has 1 aromatic carbocycles. The number of benzene rings is 1. The van der Waals surface area contributed by atoms with Crippen LogP contribution in [0.25, 0.3) is 0 Å². The molecule has 100 valence electrons. The van der Waals surface area contributed by atoms with E-state index in [1.807, 2.05) is 6.07 Å². The first kappa shape index (κ1) is 14.7. The van der Waals surface area contributed by atoms with Gasteiger partial charge in [0.2, 0.25) is 0 Å². The first-order chi connectivity index (χ1) is 8.42. The average molecular weight is 250 g/mol. The molecule has 0 amide bonds. The number of carbonyl (C=O) groups is 1. The molecule has 0 spiro atoms. The fraction of sp³-hybridized carbons (Fsp3) is 0.533. The second-order valence-electron chi connectivity index (χ2n) is 5.67. The van der Waals surface area contributed by atoms with Gasteiger partial charge in [-0.2, -0.15) is 0 Å². The molecule has 0 aliphatic carbocycles. The van der Waals surface area contributed by atoms with Crippen LogP contribution in [0.1, 0.15) is 44.0 Å². The van der Waals surface area contributed by atoms with Crippen molar-refractivity contribution in [3.05, 3.63) is 35.9 Å². The number of ether oxygens (including phenoxy) is 1. The van der Waals surface area contributed by atoms with Crippen molar-refractivity contribution in [1.82, 2.24) is 0 Å². The van der Waals surface area contributed by atoms with Crippen molar-refractivity contribution in [3.8, 4) is 0 Å². The molecule has 1 rings (SSSR count). The van der Waals surface area contributed by atoms with Crippen molar-refractivity contribution in [2.45, 2.75) is 39.7 Å². The molecule has 3 heteroatoms. The Balaban J connectivity index is 2.64. The van der Waals surface area contributed by atoms with Gasteiger partial charge >= 0.3 is 5.97 Å². The summed E-state index contributed by atoms with van der Waals surface area (Å²) >= 11 is 0. The topological polar surface area (TPSA) is 46.5 Å². The van der Waals surface area contributed by atoms with Gasteiger partial charge in [-0.05, 0) is 24.0 Å². The maximum atomic E-state index is 11.9. The van der Waals surface area contributed by atoms with Gasteiger partial charge < -0.3 is 9.84 Å². The third-order valence-electron chi connectivity index (χ3n) is 2.57. The van der Waals surface area contributed by atoms with Crippen LogP contribution in [0.4, 0.5) is 0 Å². The maximum absolute atomic E-state index is 11.9. The van der Waals surface area contributed by atoms with Crippen LogP contribution >= 0.6 is 0 Å². The fourth-order valence-corrected chi connectivity index (χ4v) is 1.82. The zero-order chi connectivity index (χ0) is 13.6. The zero-order valence-corrected chi connectivity index (χ0v) is 11.3. The predicted molar refractivity (Wildman–Crippen MR) is 71.4 cm³/mol. The van der Waals surface area contributed by atoms with Crippen LogP contribution in [0.15, 0.2) is 30.3 Å². The first-order valence-corrected chi connectivity index (χ1v) is 6.29.